The van der Waals surface area contributed by atoms with Crippen molar-refractivity contribution >= 4 is 106 Å². The van der Waals surface area contributed by atoms with Crippen LogP contribution in [0, 0.1) is 27.7 Å². The Morgan fingerprint density at radius 2 is 0.412 bits per heavy atom. The van der Waals surface area contributed by atoms with Crippen molar-refractivity contribution in [3.8, 4) is 0 Å². The number of hydrogen-bond acceptors (Lipinski definition) is 12. The first-order valence-corrected chi connectivity index (χ1v) is 35.8. The lowest BCUT2D eigenvalue weighted by Gasteiger charge is -2.27. The van der Waals surface area contributed by atoms with E-state index in [-0.39, 0.29) is 45.8 Å². The number of benzene rings is 8. The minimum atomic E-state index is -4.05. The molecule has 20 heteroatoms. The smallest absolute Gasteiger partial charge is 0.264 e. The molecule has 0 atom stereocenters. The van der Waals surface area contributed by atoms with Gasteiger partial charge in [0.2, 0.25) is 0 Å². The van der Waals surface area contributed by atoms with Gasteiger partial charge in [-0.3, -0.25) is 17.2 Å². The molecule has 12 nitrogen and oxygen atoms in total. The zero-order valence-electron chi connectivity index (χ0n) is 44.5. The van der Waals surface area contributed by atoms with Crippen LogP contribution in [0.1, 0.15) is 47.9 Å². The van der Waals surface area contributed by atoms with Crippen LogP contribution in [0.4, 0.5) is 22.7 Å². The molecule has 0 amide bonds. The summed E-state index contributed by atoms with van der Waals surface area (Å²) in [4.78, 5) is 3.95. The van der Waals surface area contributed by atoms with Gasteiger partial charge in [0.25, 0.3) is 40.1 Å². The third-order valence-corrected chi connectivity index (χ3v) is 25.5. The molecule has 0 aromatic heterocycles. The number of nitrogens with zero attached hydrogens (tertiary/aromatic N) is 4. The number of aryl methyl sites for hydroxylation is 4. The fourth-order valence-electron chi connectivity index (χ4n) is 8.79. The first-order chi connectivity index (χ1) is 38.3. The lowest BCUT2D eigenvalue weighted by atomic mass is 10.2. The molecule has 7 aliphatic heterocycles. The lowest BCUT2D eigenvalue weighted by Crippen LogP contribution is -2.34. The highest BCUT2D eigenvalue weighted by molar-refractivity contribution is 8.77. The zero-order chi connectivity index (χ0) is 56.7. The summed E-state index contributed by atoms with van der Waals surface area (Å²) in [6.07, 6.45) is 1.32. The molecule has 8 aromatic carbocycles. The minimum Gasteiger partial charge on any atom is -0.266 e. The fourth-order valence-corrected chi connectivity index (χ4v) is 18.7. The van der Waals surface area contributed by atoms with Crippen molar-refractivity contribution in [1.82, 2.24) is 0 Å². The van der Waals surface area contributed by atoms with Crippen LogP contribution in [0.2, 0.25) is 0 Å². The Morgan fingerprint density at radius 3 is 0.575 bits per heavy atom. The van der Waals surface area contributed by atoms with Gasteiger partial charge in [-0.25, -0.2) is 33.7 Å². The molecule has 8 aromatic rings. The second kappa shape index (κ2) is 25.5. The number of sulfonamides is 4. The van der Waals surface area contributed by atoms with Gasteiger partial charge in [0.1, 0.15) is 0 Å². The van der Waals surface area contributed by atoms with Crippen LogP contribution in [-0.2, 0) is 40.1 Å². The molecule has 80 heavy (non-hydrogen) atoms. The van der Waals surface area contributed by atoms with Crippen LogP contribution in [-0.4, -0.2) is 59.9 Å². The van der Waals surface area contributed by atoms with Gasteiger partial charge in [-0.2, -0.15) is 0 Å². The third-order valence-electron chi connectivity index (χ3n) is 13.3. The molecule has 0 aliphatic carbocycles. The molecule has 0 saturated heterocycles. The monoisotopic (exact) mass is 1220 g/mol. The van der Waals surface area contributed by atoms with Gasteiger partial charge < -0.3 is 0 Å². The number of hydrogen-bond donors (Lipinski definition) is 0. The largest absolute Gasteiger partial charge is 0.266 e. The number of rotatable bonds is 8. The van der Waals surface area contributed by atoms with E-state index in [4.69, 9.17) is 0 Å². The van der Waals surface area contributed by atoms with E-state index < -0.39 is 40.1 Å². The van der Waals surface area contributed by atoms with Crippen molar-refractivity contribution < 1.29 is 33.7 Å². The second-order valence-electron chi connectivity index (χ2n) is 19.3. The van der Waals surface area contributed by atoms with Gasteiger partial charge in [-0.05, 0) is 199 Å². The van der Waals surface area contributed by atoms with Gasteiger partial charge in [0, 0.05) is 45.8 Å². The first-order valence-electron chi connectivity index (χ1n) is 25.8. The summed E-state index contributed by atoms with van der Waals surface area (Å²) in [7, 11) is -10.4. The van der Waals surface area contributed by atoms with E-state index >= 15 is 0 Å². The van der Waals surface area contributed by atoms with E-state index in [2.05, 4.69) is 0 Å². The standard InChI is InChI=1S/C60H60N4O8S8/c1-45-9-33-57(34-10-45)77(65,66)61-41-5-6-42-62(78(67,68)58-35-11-46(2)12-36-58)50-19-27-55(28-20-50)75-76-56-31-23-52(24-32-56)64(80(71,72)60-39-15-48(4)16-40-60)44-8-7-43-63(79(69,70)59-37-13-47(3)14-38-59)51-21-29-54(30-22-51)74-73-53-25-17-49(61)18-26-53/h9-40H,5-8,41-44H2,1-4H3. The van der Waals surface area contributed by atoms with Gasteiger partial charge in [0.05, 0.1) is 42.3 Å². The van der Waals surface area contributed by atoms with E-state index in [1.165, 1.54) is 60.4 Å². The minimum absolute atomic E-state index is 0.0766. The maximum absolute atomic E-state index is 14.5. The average molecular weight is 1220 g/mol. The van der Waals surface area contributed by atoms with Crippen LogP contribution in [0.3, 0.4) is 0 Å². The Kier molecular flexibility index (Phi) is 18.8. The normalized spacial score (nSPS) is 14.9. The molecular formula is C60H60N4O8S8. The highest BCUT2D eigenvalue weighted by Crippen LogP contribution is 2.41. The molecule has 0 spiro atoms. The van der Waals surface area contributed by atoms with Gasteiger partial charge in [-0.15, -0.1) is 0 Å². The first kappa shape index (κ1) is 58.8. The maximum Gasteiger partial charge on any atom is 0.264 e. The van der Waals surface area contributed by atoms with Crippen molar-refractivity contribution in [3.63, 3.8) is 0 Å². The summed E-state index contributed by atoms with van der Waals surface area (Å²) < 4.78 is 121. The number of anilines is 4. The third kappa shape index (κ3) is 13.9. The molecule has 0 fully saturated rings. The Bertz CT molecular complexity index is 3340. The Hall–Kier alpha value is -5.84. The van der Waals surface area contributed by atoms with Crippen LogP contribution in [0.15, 0.2) is 233 Å². The van der Waals surface area contributed by atoms with Crippen LogP contribution < -0.4 is 17.2 Å². The predicted molar refractivity (Wildman–Crippen MR) is 331 cm³/mol. The highest BCUT2D eigenvalue weighted by Gasteiger charge is 2.30. The quantitative estimate of drug-likeness (QED) is 0.133. The highest BCUT2D eigenvalue weighted by atomic mass is 33.1. The second-order valence-corrected chi connectivity index (χ2v) is 31.3. The molecule has 8 bridgehead atoms. The summed E-state index contributed by atoms with van der Waals surface area (Å²) >= 11 is 0. The van der Waals surface area contributed by atoms with Crippen molar-refractivity contribution in [2.45, 2.75) is 92.5 Å². The van der Waals surface area contributed by atoms with Crippen LogP contribution >= 0.6 is 43.2 Å². The molecular weight excluding hydrogens is 1160 g/mol. The molecule has 0 N–H and O–H groups in total. The van der Waals surface area contributed by atoms with Crippen molar-refractivity contribution in [3.05, 3.63) is 216 Å². The predicted octanol–water partition coefficient (Wildman–Crippen LogP) is 14.6. The Labute approximate surface area is 488 Å². The summed E-state index contributed by atoms with van der Waals surface area (Å²) in [5.74, 6) is 0. The van der Waals surface area contributed by atoms with Crippen molar-refractivity contribution in [2.75, 3.05) is 43.4 Å². The van der Waals surface area contributed by atoms with E-state index in [9.17, 15) is 33.7 Å². The Morgan fingerprint density at radius 1 is 0.250 bits per heavy atom. The van der Waals surface area contributed by atoms with E-state index in [0.717, 1.165) is 41.8 Å². The molecule has 416 valence electrons. The summed E-state index contributed by atoms with van der Waals surface area (Å²) in [6, 6.07) is 55.9. The maximum atomic E-state index is 14.5. The van der Waals surface area contributed by atoms with E-state index in [1.54, 1.807) is 146 Å². The summed E-state index contributed by atoms with van der Waals surface area (Å²) in [5.41, 5.74) is 5.49. The Balaban J connectivity index is 1.05. The summed E-state index contributed by atoms with van der Waals surface area (Å²) in [6.45, 7) is 7.88. The molecule has 0 saturated carbocycles. The van der Waals surface area contributed by atoms with Crippen molar-refractivity contribution in [2.24, 2.45) is 0 Å². The fraction of sp³-hybridized carbons (Fsp3) is 0.200. The molecule has 7 heterocycles. The van der Waals surface area contributed by atoms with Gasteiger partial charge >= 0.3 is 0 Å². The average Bonchev–Trinajstić information content (AvgIpc) is 3.45. The summed E-state index contributed by atoms with van der Waals surface area (Å²) in [5, 5.41) is 0. The molecule has 15 rings (SSSR count). The molecule has 7 aliphatic rings. The van der Waals surface area contributed by atoms with Crippen LogP contribution in [0.25, 0.3) is 0 Å². The van der Waals surface area contributed by atoms with Gasteiger partial charge in [-0.1, -0.05) is 114 Å². The van der Waals surface area contributed by atoms with E-state index in [0.29, 0.717) is 48.4 Å². The molecule has 0 unspecified atom stereocenters. The van der Waals surface area contributed by atoms with Crippen molar-refractivity contribution in [1.29, 1.82) is 0 Å². The van der Waals surface area contributed by atoms with E-state index in [1.807, 2.05) is 76.2 Å². The zero-order valence-corrected chi connectivity index (χ0v) is 51.0. The molecule has 0 radical (unpaired) electrons. The SMILES string of the molecule is Cc1ccc(S(=O)(=O)N2CCCCN(S(=O)(=O)c3ccc(C)cc3)c3ccc(cc3)SSc3ccc(cc3)N(S(=O)(=O)c3ccc(C)cc3)CCCCN(S(=O)(=O)c3ccc(C)cc3)c3ccc(cc3)SSc3ccc2cc3)cc1. The topological polar surface area (TPSA) is 150 Å². The van der Waals surface area contributed by atoms with Crippen LogP contribution in [0.5, 0.6) is 0 Å². The van der Waals surface area contributed by atoms with Gasteiger partial charge in [0.15, 0.2) is 0 Å². The lowest BCUT2D eigenvalue weighted by molar-refractivity contribution is 0.582.